The van der Waals surface area contributed by atoms with Gasteiger partial charge in [-0.15, -0.1) is 0 Å². The van der Waals surface area contributed by atoms with E-state index in [1.54, 1.807) is 6.20 Å². The third-order valence-electron chi connectivity index (χ3n) is 7.14. The number of hydrogen-bond acceptors (Lipinski definition) is 5. The van der Waals surface area contributed by atoms with E-state index in [4.69, 9.17) is 0 Å². The van der Waals surface area contributed by atoms with Crippen molar-refractivity contribution in [1.29, 1.82) is 0 Å². The number of halogens is 1. The van der Waals surface area contributed by atoms with E-state index in [1.165, 1.54) is 17.7 Å². The predicted octanol–water partition coefficient (Wildman–Crippen LogP) is 2.38. The number of anilines is 1. The van der Waals surface area contributed by atoms with Crippen molar-refractivity contribution in [2.45, 2.75) is 44.8 Å². The minimum Gasteiger partial charge on any atom is -0.326 e. The van der Waals surface area contributed by atoms with E-state index in [9.17, 15) is 9.59 Å². The van der Waals surface area contributed by atoms with Crippen LogP contribution in [0.4, 0.5) is 14.9 Å². The van der Waals surface area contributed by atoms with Crippen LogP contribution in [0, 0.1) is 12.8 Å². The SMILES string of the molecule is Cc1cn([C@H]2CCN(CC3CCNCC3)C[C@@H]2F)c2ncc(N3CCC(=O)NC3=O)cc12. The van der Waals surface area contributed by atoms with Gasteiger partial charge >= 0.3 is 6.03 Å². The first-order valence-corrected chi connectivity index (χ1v) is 11.7. The van der Waals surface area contributed by atoms with Crippen molar-refractivity contribution in [3.8, 4) is 0 Å². The predicted molar refractivity (Wildman–Crippen MR) is 121 cm³/mol. The Morgan fingerprint density at radius 1 is 1.19 bits per heavy atom. The molecular weight excluding hydrogens is 411 g/mol. The van der Waals surface area contributed by atoms with Gasteiger partial charge in [0.1, 0.15) is 11.8 Å². The third kappa shape index (κ3) is 4.11. The summed E-state index contributed by atoms with van der Waals surface area (Å²) in [6.45, 7) is 6.81. The fourth-order valence-electron chi connectivity index (χ4n) is 5.36. The summed E-state index contributed by atoms with van der Waals surface area (Å²) in [5, 5.41) is 6.65. The molecule has 0 spiro atoms. The Kier molecular flexibility index (Phi) is 5.86. The Morgan fingerprint density at radius 3 is 2.75 bits per heavy atom. The normalized spacial score (nSPS) is 26.0. The van der Waals surface area contributed by atoms with Gasteiger partial charge in [0.05, 0.1) is 17.9 Å². The molecule has 5 rings (SSSR count). The first-order valence-electron chi connectivity index (χ1n) is 11.7. The Balaban J connectivity index is 1.32. The summed E-state index contributed by atoms with van der Waals surface area (Å²) in [4.78, 5) is 32.1. The molecule has 2 aromatic heterocycles. The van der Waals surface area contributed by atoms with Gasteiger partial charge in [-0.1, -0.05) is 0 Å². The molecule has 32 heavy (non-hydrogen) atoms. The lowest BCUT2D eigenvalue weighted by molar-refractivity contribution is -0.120. The highest BCUT2D eigenvalue weighted by atomic mass is 19.1. The quantitative estimate of drug-likeness (QED) is 0.760. The molecule has 0 unspecified atom stereocenters. The van der Waals surface area contributed by atoms with Crippen LogP contribution in [0.2, 0.25) is 0 Å². The van der Waals surface area contributed by atoms with Crippen molar-refractivity contribution in [1.82, 2.24) is 25.1 Å². The number of carbonyl (C=O) groups is 2. The smallest absolute Gasteiger partial charge is 0.326 e. The Labute approximate surface area is 187 Å². The van der Waals surface area contributed by atoms with Gasteiger partial charge in [0, 0.05) is 44.2 Å². The van der Waals surface area contributed by atoms with Crippen molar-refractivity contribution in [2.24, 2.45) is 5.92 Å². The minimum absolute atomic E-state index is 0.232. The minimum atomic E-state index is -0.944. The molecule has 172 valence electrons. The lowest BCUT2D eigenvalue weighted by Crippen LogP contribution is -2.49. The number of likely N-dealkylation sites (tertiary alicyclic amines) is 1. The zero-order valence-corrected chi connectivity index (χ0v) is 18.5. The summed E-state index contributed by atoms with van der Waals surface area (Å²) < 4.78 is 17.3. The van der Waals surface area contributed by atoms with Crippen LogP contribution in [0.15, 0.2) is 18.5 Å². The number of aromatic nitrogens is 2. The van der Waals surface area contributed by atoms with Crippen molar-refractivity contribution in [2.75, 3.05) is 44.2 Å². The van der Waals surface area contributed by atoms with Gasteiger partial charge in [0.2, 0.25) is 5.91 Å². The number of rotatable bonds is 4. The Morgan fingerprint density at radius 2 is 2.00 bits per heavy atom. The summed E-state index contributed by atoms with van der Waals surface area (Å²) in [7, 11) is 0. The summed E-state index contributed by atoms with van der Waals surface area (Å²) in [5.74, 6) is 0.403. The monoisotopic (exact) mass is 442 g/mol. The van der Waals surface area contributed by atoms with Gasteiger partial charge < -0.3 is 14.8 Å². The number of pyridine rings is 1. The molecule has 3 fully saturated rings. The maximum absolute atomic E-state index is 15.3. The van der Waals surface area contributed by atoms with Crippen LogP contribution in [0.5, 0.6) is 0 Å². The first kappa shape index (κ1) is 21.3. The van der Waals surface area contributed by atoms with E-state index < -0.39 is 12.2 Å². The third-order valence-corrected chi connectivity index (χ3v) is 7.14. The van der Waals surface area contributed by atoms with Gasteiger partial charge in [-0.2, -0.15) is 0 Å². The number of nitrogens with one attached hydrogen (secondary N) is 2. The average Bonchev–Trinajstić information content (AvgIpc) is 3.10. The molecule has 0 bridgehead atoms. The van der Waals surface area contributed by atoms with Gasteiger partial charge in [-0.3, -0.25) is 15.0 Å². The van der Waals surface area contributed by atoms with Crippen LogP contribution in [0.1, 0.15) is 37.3 Å². The van der Waals surface area contributed by atoms with E-state index >= 15 is 4.39 Å². The fraction of sp³-hybridized carbons (Fsp3) is 0.609. The highest BCUT2D eigenvalue weighted by molar-refractivity contribution is 6.06. The lowest BCUT2D eigenvalue weighted by Gasteiger charge is -2.38. The number of hydrogen-bond donors (Lipinski definition) is 2. The number of fused-ring (bicyclic) bond motifs is 1. The molecule has 2 aromatic rings. The van der Waals surface area contributed by atoms with Gasteiger partial charge in [0.25, 0.3) is 0 Å². The maximum Gasteiger partial charge on any atom is 0.328 e. The number of imide groups is 1. The number of aryl methyl sites for hydroxylation is 1. The molecule has 2 atom stereocenters. The second-order valence-corrected chi connectivity index (χ2v) is 9.36. The number of urea groups is 1. The highest BCUT2D eigenvalue weighted by Gasteiger charge is 2.33. The van der Waals surface area contributed by atoms with E-state index in [0.717, 1.165) is 49.2 Å². The Hall–Kier alpha value is -2.52. The molecule has 3 aliphatic heterocycles. The number of nitrogens with zero attached hydrogens (tertiary/aromatic N) is 4. The molecule has 3 saturated heterocycles. The maximum atomic E-state index is 15.3. The van der Waals surface area contributed by atoms with Gasteiger partial charge in [-0.05, 0) is 56.8 Å². The summed E-state index contributed by atoms with van der Waals surface area (Å²) in [6.07, 6.45) is 6.06. The molecule has 8 nitrogen and oxygen atoms in total. The molecule has 9 heteroatoms. The standard InChI is InChI=1S/C23H31FN6O2/c1-15-12-30(20-4-8-28(14-19(20)24)13-16-2-6-25-7-3-16)22-18(15)10-17(11-26-22)29-9-5-21(31)27-23(29)32/h10-12,16,19-20,25H,2-9,13-14H2,1H3,(H,27,31,32)/t19-,20-/m0/s1. The topological polar surface area (TPSA) is 82.5 Å². The summed E-state index contributed by atoms with van der Waals surface area (Å²) in [5.41, 5.74) is 2.41. The zero-order chi connectivity index (χ0) is 22.2. The molecule has 2 N–H and O–H groups in total. The van der Waals surface area contributed by atoms with Crippen molar-refractivity contribution in [3.05, 3.63) is 24.0 Å². The molecule has 3 amide bonds. The largest absolute Gasteiger partial charge is 0.328 e. The van der Waals surface area contributed by atoms with Crippen molar-refractivity contribution >= 4 is 28.7 Å². The van der Waals surface area contributed by atoms with Crippen LogP contribution in [-0.4, -0.2) is 71.8 Å². The van der Waals surface area contributed by atoms with Crippen LogP contribution < -0.4 is 15.5 Å². The molecule has 5 heterocycles. The number of piperidine rings is 2. The number of carbonyl (C=O) groups excluding carboxylic acids is 2. The summed E-state index contributed by atoms with van der Waals surface area (Å²) in [6, 6.07) is 1.26. The van der Waals surface area contributed by atoms with E-state index in [2.05, 4.69) is 20.5 Å². The van der Waals surface area contributed by atoms with Gasteiger partial charge in [-0.25, -0.2) is 14.2 Å². The average molecular weight is 443 g/mol. The van der Waals surface area contributed by atoms with Crippen LogP contribution in [0.3, 0.4) is 0 Å². The first-order chi connectivity index (χ1) is 15.5. The van der Waals surface area contributed by atoms with E-state index in [-0.39, 0.29) is 18.4 Å². The fourth-order valence-corrected chi connectivity index (χ4v) is 5.36. The molecule has 0 aliphatic carbocycles. The molecule has 3 aliphatic rings. The van der Waals surface area contributed by atoms with E-state index in [1.807, 2.05) is 23.8 Å². The van der Waals surface area contributed by atoms with Crippen LogP contribution >= 0.6 is 0 Å². The number of alkyl halides is 1. The van der Waals surface area contributed by atoms with Crippen LogP contribution in [-0.2, 0) is 4.79 Å². The highest BCUT2D eigenvalue weighted by Crippen LogP contribution is 2.33. The van der Waals surface area contributed by atoms with E-state index in [0.29, 0.717) is 24.7 Å². The second-order valence-electron chi connectivity index (χ2n) is 9.36. The summed E-state index contributed by atoms with van der Waals surface area (Å²) >= 11 is 0. The lowest BCUT2D eigenvalue weighted by atomic mass is 9.95. The van der Waals surface area contributed by atoms with Crippen molar-refractivity contribution < 1.29 is 14.0 Å². The van der Waals surface area contributed by atoms with Crippen LogP contribution in [0.25, 0.3) is 11.0 Å². The Bertz CT molecular complexity index is 1020. The molecule has 0 radical (unpaired) electrons. The molecule has 0 aromatic carbocycles. The second kappa shape index (κ2) is 8.78. The van der Waals surface area contributed by atoms with Crippen molar-refractivity contribution in [3.63, 3.8) is 0 Å². The van der Waals surface area contributed by atoms with Gasteiger partial charge in [0.15, 0.2) is 0 Å². The number of amides is 3. The zero-order valence-electron chi connectivity index (χ0n) is 18.5. The molecule has 0 saturated carbocycles. The molecular formula is C23H31FN6O2.